The van der Waals surface area contributed by atoms with E-state index in [1.165, 1.54) is 24.7 Å². The predicted octanol–water partition coefficient (Wildman–Crippen LogP) is 3.93. The highest BCUT2D eigenvalue weighted by molar-refractivity contribution is 6.01. The van der Waals surface area contributed by atoms with Gasteiger partial charge in [-0.25, -0.2) is 4.79 Å². The molecule has 0 spiro atoms. The van der Waals surface area contributed by atoms with Crippen LogP contribution in [0, 0.1) is 0 Å². The molecule has 8 heteroatoms. The third-order valence-electron chi connectivity index (χ3n) is 5.06. The van der Waals surface area contributed by atoms with Crippen LogP contribution in [0.4, 0.5) is 21.9 Å². The zero-order valence-electron chi connectivity index (χ0n) is 17.1. The van der Waals surface area contributed by atoms with Crippen molar-refractivity contribution in [2.24, 2.45) is 5.73 Å². The summed E-state index contributed by atoms with van der Waals surface area (Å²) < 4.78 is 5.13. The molecule has 5 N–H and O–H groups in total. The van der Waals surface area contributed by atoms with E-state index in [4.69, 9.17) is 10.5 Å². The van der Waals surface area contributed by atoms with Crippen LogP contribution in [0.15, 0.2) is 42.5 Å². The predicted molar refractivity (Wildman–Crippen MR) is 123 cm³/mol. The molecule has 0 bridgehead atoms. The molecular formula is C22H29ClN4O3. The number of aryl methyl sites for hydroxylation is 1. The van der Waals surface area contributed by atoms with Crippen molar-refractivity contribution in [3.63, 3.8) is 0 Å². The smallest absolute Gasteiger partial charge is 0.323 e. The standard InChI is InChI=1S/C22H28N4O3.ClH/c1-29-18(14-23)13-21(27)24-16-8-5-9-17(12-16)25-22(28)26-20-11-4-7-15-6-2-3-10-19(15)20;/h4-5,7-9,11-12,18H,2-3,6,10,13-14,23H2,1H3,(H,24,27)(H2,25,26,28);1H. The van der Waals surface area contributed by atoms with E-state index in [0.717, 1.165) is 24.9 Å². The molecular weight excluding hydrogens is 404 g/mol. The van der Waals surface area contributed by atoms with E-state index in [2.05, 4.69) is 22.0 Å². The molecule has 1 aliphatic carbocycles. The minimum atomic E-state index is -0.320. The lowest BCUT2D eigenvalue weighted by Crippen LogP contribution is -2.28. The third kappa shape index (κ3) is 6.45. The molecule has 30 heavy (non-hydrogen) atoms. The maximum Gasteiger partial charge on any atom is 0.323 e. The number of amides is 3. The number of fused-ring (bicyclic) bond motifs is 1. The second kappa shape index (κ2) is 11.5. The van der Waals surface area contributed by atoms with Crippen LogP contribution in [0.25, 0.3) is 0 Å². The molecule has 162 valence electrons. The van der Waals surface area contributed by atoms with E-state index in [0.29, 0.717) is 11.4 Å². The Morgan fingerprint density at radius 2 is 1.73 bits per heavy atom. The largest absolute Gasteiger partial charge is 0.380 e. The Hall–Kier alpha value is -2.61. The Bertz CT molecular complexity index is 871. The van der Waals surface area contributed by atoms with Crippen LogP contribution in [-0.2, 0) is 22.4 Å². The van der Waals surface area contributed by atoms with E-state index in [-0.39, 0.29) is 43.4 Å². The molecule has 2 aromatic rings. The van der Waals surface area contributed by atoms with Crippen LogP contribution in [0.5, 0.6) is 0 Å². The van der Waals surface area contributed by atoms with E-state index in [1.807, 2.05) is 12.1 Å². The van der Waals surface area contributed by atoms with Crippen LogP contribution in [0.1, 0.15) is 30.4 Å². The molecule has 0 saturated heterocycles. The second-order valence-electron chi connectivity index (χ2n) is 7.16. The highest BCUT2D eigenvalue weighted by Gasteiger charge is 2.15. The summed E-state index contributed by atoms with van der Waals surface area (Å²) in [6, 6.07) is 12.7. The average Bonchev–Trinajstić information content (AvgIpc) is 2.72. The molecule has 1 aliphatic rings. The second-order valence-corrected chi connectivity index (χ2v) is 7.16. The summed E-state index contributed by atoms with van der Waals surface area (Å²) in [6.45, 7) is 0.273. The van der Waals surface area contributed by atoms with Gasteiger partial charge in [0, 0.05) is 30.7 Å². The summed E-state index contributed by atoms with van der Waals surface area (Å²) in [5, 5.41) is 8.58. The Labute approximate surface area is 183 Å². The molecule has 0 aromatic heterocycles. The van der Waals surface area contributed by atoms with Crippen molar-refractivity contribution in [3.05, 3.63) is 53.6 Å². The number of carbonyl (C=O) groups excluding carboxylic acids is 2. The summed E-state index contributed by atoms with van der Waals surface area (Å²) in [6.07, 6.45) is 4.23. The summed E-state index contributed by atoms with van der Waals surface area (Å²) in [7, 11) is 1.53. The Balaban J connectivity index is 0.00000320. The molecule has 7 nitrogen and oxygen atoms in total. The van der Waals surface area contributed by atoms with Crippen molar-refractivity contribution >= 4 is 41.4 Å². The molecule has 0 saturated carbocycles. The number of carbonyl (C=O) groups is 2. The quantitative estimate of drug-likeness (QED) is 0.531. The highest BCUT2D eigenvalue weighted by atomic mass is 35.5. The van der Waals surface area contributed by atoms with Gasteiger partial charge in [-0.1, -0.05) is 18.2 Å². The van der Waals surface area contributed by atoms with E-state index in [9.17, 15) is 9.59 Å². The molecule has 1 atom stereocenters. The molecule has 2 aromatic carbocycles. The minimum Gasteiger partial charge on any atom is -0.380 e. The number of hydrogen-bond donors (Lipinski definition) is 4. The first-order valence-corrected chi connectivity index (χ1v) is 9.90. The summed E-state index contributed by atoms with van der Waals surface area (Å²) in [5.74, 6) is -0.195. The van der Waals surface area contributed by atoms with Crippen LogP contribution >= 0.6 is 12.4 Å². The molecule has 0 aliphatic heterocycles. The fraction of sp³-hybridized carbons (Fsp3) is 0.364. The van der Waals surface area contributed by atoms with E-state index >= 15 is 0 Å². The molecule has 1 unspecified atom stereocenters. The van der Waals surface area contributed by atoms with Crippen LogP contribution in [-0.4, -0.2) is 31.7 Å². The van der Waals surface area contributed by atoms with Crippen molar-refractivity contribution in [2.75, 3.05) is 29.6 Å². The van der Waals surface area contributed by atoms with Gasteiger partial charge in [-0.05, 0) is 61.1 Å². The van der Waals surface area contributed by atoms with Gasteiger partial charge in [0.1, 0.15) is 0 Å². The average molecular weight is 433 g/mol. The zero-order chi connectivity index (χ0) is 20.6. The van der Waals surface area contributed by atoms with Crippen LogP contribution < -0.4 is 21.7 Å². The monoisotopic (exact) mass is 432 g/mol. The zero-order valence-corrected chi connectivity index (χ0v) is 17.9. The first kappa shape index (κ1) is 23.7. The summed E-state index contributed by atoms with van der Waals surface area (Å²) in [5.41, 5.74) is 10.1. The number of urea groups is 1. The molecule has 0 radical (unpaired) electrons. The van der Waals surface area contributed by atoms with Crippen molar-refractivity contribution in [3.8, 4) is 0 Å². The maximum absolute atomic E-state index is 12.5. The molecule has 0 fully saturated rings. The topological polar surface area (TPSA) is 105 Å². The van der Waals surface area contributed by atoms with Gasteiger partial charge in [-0.3, -0.25) is 4.79 Å². The van der Waals surface area contributed by atoms with Crippen LogP contribution in [0.3, 0.4) is 0 Å². The fourth-order valence-corrected chi connectivity index (χ4v) is 3.54. The maximum atomic E-state index is 12.5. The number of nitrogens with two attached hydrogens (primary N) is 1. The Morgan fingerprint density at radius 3 is 2.47 bits per heavy atom. The van der Waals surface area contributed by atoms with Gasteiger partial charge < -0.3 is 26.4 Å². The Kier molecular flexibility index (Phi) is 9.11. The van der Waals surface area contributed by atoms with Gasteiger partial charge >= 0.3 is 6.03 Å². The third-order valence-corrected chi connectivity index (χ3v) is 5.06. The number of rotatable bonds is 7. The number of methoxy groups -OCH3 is 1. The number of ether oxygens (including phenoxy) is 1. The Morgan fingerprint density at radius 1 is 1.03 bits per heavy atom. The van der Waals surface area contributed by atoms with Gasteiger partial charge in [0.25, 0.3) is 0 Å². The summed E-state index contributed by atoms with van der Waals surface area (Å²) in [4.78, 5) is 24.6. The van der Waals surface area contributed by atoms with Crippen molar-refractivity contribution in [1.29, 1.82) is 0 Å². The first-order valence-electron chi connectivity index (χ1n) is 9.90. The minimum absolute atomic E-state index is 0. The number of benzene rings is 2. The van der Waals surface area contributed by atoms with Crippen molar-refractivity contribution in [1.82, 2.24) is 0 Å². The number of anilines is 3. The first-order chi connectivity index (χ1) is 14.1. The van der Waals surface area contributed by atoms with Crippen molar-refractivity contribution in [2.45, 2.75) is 38.2 Å². The van der Waals surface area contributed by atoms with Crippen LogP contribution in [0.2, 0.25) is 0 Å². The summed E-state index contributed by atoms with van der Waals surface area (Å²) >= 11 is 0. The number of hydrogen-bond acceptors (Lipinski definition) is 4. The van der Waals surface area contributed by atoms with Gasteiger partial charge in [0.15, 0.2) is 0 Å². The lowest BCUT2D eigenvalue weighted by molar-refractivity contribution is -0.118. The molecule has 3 rings (SSSR count). The molecule has 3 amide bonds. The molecule has 0 heterocycles. The lowest BCUT2D eigenvalue weighted by Gasteiger charge is -2.19. The van der Waals surface area contributed by atoms with Gasteiger partial charge in [-0.2, -0.15) is 0 Å². The van der Waals surface area contributed by atoms with Gasteiger partial charge in [0.05, 0.1) is 12.5 Å². The van der Waals surface area contributed by atoms with Gasteiger partial charge in [-0.15, -0.1) is 12.4 Å². The fourth-order valence-electron chi connectivity index (χ4n) is 3.54. The highest BCUT2D eigenvalue weighted by Crippen LogP contribution is 2.28. The lowest BCUT2D eigenvalue weighted by atomic mass is 9.90. The SMILES string of the molecule is COC(CN)CC(=O)Nc1cccc(NC(=O)Nc2cccc3c2CCCC3)c1.Cl. The van der Waals surface area contributed by atoms with E-state index in [1.54, 1.807) is 24.3 Å². The van der Waals surface area contributed by atoms with E-state index < -0.39 is 0 Å². The van der Waals surface area contributed by atoms with Crippen molar-refractivity contribution < 1.29 is 14.3 Å². The normalized spacial score (nSPS) is 13.4. The number of halogens is 1. The van der Waals surface area contributed by atoms with Gasteiger partial charge in [0.2, 0.25) is 5.91 Å². The number of nitrogens with one attached hydrogen (secondary N) is 3.